The summed E-state index contributed by atoms with van der Waals surface area (Å²) in [7, 11) is 0. The molecule has 1 amide bonds. The first-order valence-corrected chi connectivity index (χ1v) is 10.3. The van der Waals surface area contributed by atoms with Gasteiger partial charge in [0.25, 0.3) is 5.91 Å². The summed E-state index contributed by atoms with van der Waals surface area (Å²) in [6.07, 6.45) is 3.43. The lowest BCUT2D eigenvalue weighted by atomic mass is 10.1. The van der Waals surface area contributed by atoms with Crippen molar-refractivity contribution in [1.29, 1.82) is 0 Å². The van der Waals surface area contributed by atoms with Gasteiger partial charge in [0.15, 0.2) is 11.5 Å². The predicted molar refractivity (Wildman–Crippen MR) is 115 cm³/mol. The number of carbonyl (C=O) groups is 1. The molecular weight excluding hydrogens is 378 g/mol. The van der Waals surface area contributed by atoms with E-state index < -0.39 is 0 Å². The van der Waals surface area contributed by atoms with E-state index in [1.807, 2.05) is 47.4 Å². The number of hydrogen-bond acceptors (Lipinski definition) is 5. The highest BCUT2D eigenvalue weighted by atomic mass is 16.5. The normalized spacial score (nSPS) is 14.7. The van der Waals surface area contributed by atoms with Crippen LogP contribution in [0.2, 0.25) is 0 Å². The van der Waals surface area contributed by atoms with Crippen LogP contribution >= 0.6 is 0 Å². The van der Waals surface area contributed by atoms with Crippen molar-refractivity contribution in [3.05, 3.63) is 77.5 Å². The summed E-state index contributed by atoms with van der Waals surface area (Å²) in [4.78, 5) is 19.6. The van der Waals surface area contributed by atoms with Crippen LogP contribution in [0.3, 0.4) is 0 Å². The van der Waals surface area contributed by atoms with Crippen LogP contribution in [0.15, 0.2) is 60.8 Å². The van der Waals surface area contributed by atoms with Crippen molar-refractivity contribution in [2.45, 2.75) is 19.4 Å². The molecule has 2 aromatic carbocycles. The number of amides is 1. The summed E-state index contributed by atoms with van der Waals surface area (Å²) in [5.41, 5.74) is 3.72. The van der Waals surface area contributed by atoms with Crippen LogP contribution in [0, 0.1) is 0 Å². The Morgan fingerprint density at radius 1 is 1.03 bits per heavy atom. The molecule has 3 aromatic rings. The Morgan fingerprint density at radius 3 is 2.90 bits per heavy atom. The number of pyridine rings is 1. The van der Waals surface area contributed by atoms with Crippen molar-refractivity contribution < 1.29 is 14.3 Å². The van der Waals surface area contributed by atoms with E-state index in [1.54, 1.807) is 12.3 Å². The smallest absolute Gasteiger partial charge is 0.262 e. The minimum absolute atomic E-state index is 0.0398. The summed E-state index contributed by atoms with van der Waals surface area (Å²) < 4.78 is 11.7. The lowest BCUT2D eigenvalue weighted by molar-refractivity contribution is 0.0990. The van der Waals surface area contributed by atoms with Gasteiger partial charge in [-0.1, -0.05) is 30.3 Å². The SMILES string of the molecule is O=C(c1cccnc1NCc1cccc2c1OCCCO2)N1CCc2ccccc21. The number of fused-ring (bicyclic) bond motifs is 2. The summed E-state index contributed by atoms with van der Waals surface area (Å²) >= 11 is 0. The first-order valence-electron chi connectivity index (χ1n) is 10.3. The molecule has 5 rings (SSSR count). The van der Waals surface area contributed by atoms with Crippen molar-refractivity contribution >= 4 is 17.4 Å². The second kappa shape index (κ2) is 8.06. The molecule has 0 saturated carbocycles. The molecule has 1 N–H and O–H groups in total. The maximum Gasteiger partial charge on any atom is 0.262 e. The molecule has 0 unspecified atom stereocenters. The topological polar surface area (TPSA) is 63.7 Å². The molecular formula is C24H23N3O3. The molecule has 1 aromatic heterocycles. The van der Waals surface area contributed by atoms with Gasteiger partial charge in [-0.2, -0.15) is 0 Å². The number of carbonyl (C=O) groups excluding carboxylic acids is 1. The summed E-state index contributed by atoms with van der Waals surface area (Å²) in [5, 5.41) is 3.33. The average molecular weight is 401 g/mol. The largest absolute Gasteiger partial charge is 0.490 e. The number of rotatable bonds is 4. The van der Waals surface area contributed by atoms with Crippen LogP contribution < -0.4 is 19.7 Å². The number of anilines is 2. The lowest BCUT2D eigenvalue weighted by Crippen LogP contribution is -2.29. The van der Waals surface area contributed by atoms with Crippen molar-refractivity contribution in [1.82, 2.24) is 4.98 Å². The quantitative estimate of drug-likeness (QED) is 0.714. The Morgan fingerprint density at radius 2 is 1.93 bits per heavy atom. The van der Waals surface area contributed by atoms with Gasteiger partial charge >= 0.3 is 0 Å². The first-order chi connectivity index (χ1) is 14.8. The van der Waals surface area contributed by atoms with E-state index in [1.165, 1.54) is 5.56 Å². The van der Waals surface area contributed by atoms with Crippen molar-refractivity contribution in [2.75, 3.05) is 30.0 Å². The number of benzene rings is 2. The van der Waals surface area contributed by atoms with Gasteiger partial charge < -0.3 is 19.7 Å². The highest BCUT2D eigenvalue weighted by Gasteiger charge is 2.27. The number of hydrogen-bond donors (Lipinski definition) is 1. The molecule has 0 atom stereocenters. The first kappa shape index (κ1) is 18.5. The molecule has 3 heterocycles. The van der Waals surface area contributed by atoms with E-state index in [0.29, 0.717) is 37.7 Å². The predicted octanol–water partition coefficient (Wildman–Crippen LogP) is 4.06. The minimum Gasteiger partial charge on any atom is -0.490 e. The Labute approximate surface area is 175 Å². The third-order valence-corrected chi connectivity index (χ3v) is 5.47. The molecule has 2 aliphatic rings. The third-order valence-electron chi connectivity index (χ3n) is 5.47. The Bertz CT molecular complexity index is 1080. The van der Waals surface area contributed by atoms with E-state index in [9.17, 15) is 4.79 Å². The van der Waals surface area contributed by atoms with Crippen LogP contribution in [0.5, 0.6) is 11.5 Å². The number of nitrogens with zero attached hydrogens (tertiary/aromatic N) is 2. The molecule has 152 valence electrons. The highest BCUT2D eigenvalue weighted by Crippen LogP contribution is 2.34. The Hall–Kier alpha value is -3.54. The van der Waals surface area contributed by atoms with Gasteiger partial charge in [-0.15, -0.1) is 0 Å². The van der Waals surface area contributed by atoms with Gasteiger partial charge in [-0.25, -0.2) is 4.98 Å². The maximum atomic E-state index is 13.3. The van der Waals surface area contributed by atoms with Gasteiger partial charge in [0.1, 0.15) is 5.82 Å². The van der Waals surface area contributed by atoms with Crippen molar-refractivity contribution in [3.63, 3.8) is 0 Å². The van der Waals surface area contributed by atoms with Gasteiger partial charge in [0.2, 0.25) is 0 Å². The zero-order valence-electron chi connectivity index (χ0n) is 16.6. The lowest BCUT2D eigenvalue weighted by Gasteiger charge is -2.19. The highest BCUT2D eigenvalue weighted by molar-refractivity contribution is 6.10. The molecule has 0 bridgehead atoms. The van der Waals surface area contributed by atoms with E-state index in [2.05, 4.69) is 16.4 Å². The fourth-order valence-corrected chi connectivity index (χ4v) is 3.99. The molecule has 0 aliphatic carbocycles. The average Bonchev–Trinajstić information content (AvgIpc) is 3.07. The van der Waals surface area contributed by atoms with Gasteiger partial charge in [-0.05, 0) is 36.2 Å². The van der Waals surface area contributed by atoms with Gasteiger partial charge in [0.05, 0.1) is 18.8 Å². The summed E-state index contributed by atoms with van der Waals surface area (Å²) in [5.74, 6) is 2.05. The molecule has 0 saturated heterocycles. The van der Waals surface area contributed by atoms with Crippen LogP contribution in [0.1, 0.15) is 27.9 Å². The fourth-order valence-electron chi connectivity index (χ4n) is 3.99. The number of ether oxygens (including phenoxy) is 2. The maximum absolute atomic E-state index is 13.3. The van der Waals surface area contributed by atoms with Gasteiger partial charge in [0, 0.05) is 37.0 Å². The molecule has 2 aliphatic heterocycles. The number of para-hydroxylation sites is 2. The fraction of sp³-hybridized carbons (Fsp3) is 0.250. The van der Waals surface area contributed by atoms with Crippen molar-refractivity contribution in [2.24, 2.45) is 0 Å². The zero-order chi connectivity index (χ0) is 20.3. The molecule has 30 heavy (non-hydrogen) atoms. The minimum atomic E-state index is -0.0398. The van der Waals surface area contributed by atoms with Gasteiger partial charge in [-0.3, -0.25) is 4.79 Å². The van der Waals surface area contributed by atoms with Crippen molar-refractivity contribution in [3.8, 4) is 11.5 Å². The third kappa shape index (κ3) is 3.45. The second-order valence-electron chi connectivity index (χ2n) is 7.38. The number of aromatic nitrogens is 1. The Kier molecular flexibility index (Phi) is 4.97. The summed E-state index contributed by atoms with van der Waals surface area (Å²) in [6.45, 7) is 2.45. The standard InChI is InChI=1S/C24H23N3O3/c28-24(27-13-11-17-6-1-2-9-20(17)27)19-8-4-12-25-23(19)26-16-18-7-3-10-21-22(18)30-15-5-14-29-21/h1-4,6-10,12H,5,11,13-16H2,(H,25,26). The van der Waals surface area contributed by atoms with E-state index >= 15 is 0 Å². The zero-order valence-corrected chi connectivity index (χ0v) is 16.6. The van der Waals surface area contributed by atoms with E-state index in [-0.39, 0.29) is 5.91 Å². The van der Waals surface area contributed by atoms with Crippen LogP contribution in [0.25, 0.3) is 0 Å². The second-order valence-corrected chi connectivity index (χ2v) is 7.38. The summed E-state index contributed by atoms with van der Waals surface area (Å²) in [6, 6.07) is 17.6. The Balaban J connectivity index is 1.39. The van der Waals surface area contributed by atoms with Crippen LogP contribution in [0.4, 0.5) is 11.5 Å². The van der Waals surface area contributed by atoms with E-state index in [0.717, 1.165) is 35.6 Å². The molecule has 6 nitrogen and oxygen atoms in total. The molecule has 0 fully saturated rings. The van der Waals surface area contributed by atoms with E-state index in [4.69, 9.17) is 9.47 Å². The molecule has 0 radical (unpaired) electrons. The molecule has 0 spiro atoms. The van der Waals surface area contributed by atoms with Crippen LogP contribution in [-0.2, 0) is 13.0 Å². The van der Waals surface area contributed by atoms with Crippen LogP contribution in [-0.4, -0.2) is 30.6 Å². The monoisotopic (exact) mass is 401 g/mol. The molecule has 6 heteroatoms. The number of nitrogens with one attached hydrogen (secondary N) is 1.